The number of rotatable bonds is 7. The average molecular weight is 297 g/mol. The van der Waals surface area contributed by atoms with E-state index in [4.69, 9.17) is 4.99 Å². The number of thioether (sulfide) groups is 1. The predicted molar refractivity (Wildman–Crippen MR) is 91.7 cm³/mol. The van der Waals surface area contributed by atoms with Crippen molar-refractivity contribution in [1.29, 1.82) is 0 Å². The summed E-state index contributed by atoms with van der Waals surface area (Å²) < 4.78 is 0. The van der Waals surface area contributed by atoms with Crippen molar-refractivity contribution in [2.45, 2.75) is 77.6 Å². The van der Waals surface area contributed by atoms with Gasteiger partial charge in [0.25, 0.3) is 0 Å². The van der Waals surface area contributed by atoms with Crippen molar-refractivity contribution >= 4 is 16.9 Å². The Morgan fingerprint density at radius 3 is 2.50 bits per heavy atom. The molecule has 2 nitrogen and oxygen atoms in total. The Labute approximate surface area is 129 Å². The normalized spacial score (nSPS) is 21.8. The van der Waals surface area contributed by atoms with Gasteiger partial charge in [-0.2, -0.15) is 0 Å². The summed E-state index contributed by atoms with van der Waals surface area (Å²) in [5.74, 6) is 1.30. The maximum absolute atomic E-state index is 4.82. The van der Waals surface area contributed by atoms with Crippen LogP contribution in [-0.4, -0.2) is 24.0 Å². The molecule has 1 aliphatic heterocycles. The first-order chi connectivity index (χ1) is 9.85. The Kier molecular flexibility index (Phi) is 7.26. The van der Waals surface area contributed by atoms with Gasteiger partial charge in [0.15, 0.2) is 5.17 Å². The van der Waals surface area contributed by atoms with Gasteiger partial charge in [0.1, 0.15) is 0 Å². The van der Waals surface area contributed by atoms with E-state index in [1.165, 1.54) is 81.5 Å². The zero-order chi connectivity index (χ0) is 14.1. The molecule has 0 unspecified atom stereocenters. The average Bonchev–Trinajstić information content (AvgIpc) is 2.49. The highest BCUT2D eigenvalue weighted by Crippen LogP contribution is 2.41. The number of hydrogen-bond acceptors (Lipinski definition) is 3. The molecule has 0 aromatic heterocycles. The molecule has 116 valence electrons. The fraction of sp³-hybridized carbons (Fsp3) is 0.941. The first-order valence-electron chi connectivity index (χ1n) is 8.76. The summed E-state index contributed by atoms with van der Waals surface area (Å²) in [6.07, 6.45) is 15.3. The number of unbranched alkanes of at least 4 members (excludes halogenated alkanes) is 5. The second-order valence-corrected chi connectivity index (χ2v) is 7.63. The van der Waals surface area contributed by atoms with Crippen LogP contribution in [0.2, 0.25) is 0 Å². The molecule has 1 fully saturated rings. The van der Waals surface area contributed by atoms with Crippen LogP contribution >= 0.6 is 11.8 Å². The van der Waals surface area contributed by atoms with Crippen LogP contribution < -0.4 is 5.32 Å². The molecular formula is C17H32N2S. The molecule has 1 spiro atoms. The Morgan fingerprint density at radius 2 is 1.80 bits per heavy atom. The summed E-state index contributed by atoms with van der Waals surface area (Å²) in [7, 11) is 0. The second kappa shape index (κ2) is 8.96. The third kappa shape index (κ3) is 5.31. The van der Waals surface area contributed by atoms with Gasteiger partial charge < -0.3 is 5.32 Å². The fourth-order valence-electron chi connectivity index (χ4n) is 3.36. The van der Waals surface area contributed by atoms with Crippen LogP contribution in [-0.2, 0) is 0 Å². The van der Waals surface area contributed by atoms with E-state index in [0.717, 1.165) is 13.1 Å². The maximum Gasteiger partial charge on any atom is 0.156 e. The van der Waals surface area contributed by atoms with E-state index in [9.17, 15) is 0 Å². The first-order valence-corrected chi connectivity index (χ1v) is 9.74. The number of nitrogens with zero attached hydrogens (tertiary/aromatic N) is 1. The van der Waals surface area contributed by atoms with Gasteiger partial charge in [-0.05, 0) is 24.7 Å². The lowest BCUT2D eigenvalue weighted by molar-refractivity contribution is 0.232. The van der Waals surface area contributed by atoms with Crippen LogP contribution in [0.4, 0.5) is 0 Å². The Hall–Kier alpha value is -0.180. The van der Waals surface area contributed by atoms with Crippen molar-refractivity contribution in [3.05, 3.63) is 0 Å². The minimum absolute atomic E-state index is 0.564. The molecule has 0 aromatic carbocycles. The van der Waals surface area contributed by atoms with E-state index in [1.54, 1.807) is 0 Å². The van der Waals surface area contributed by atoms with Gasteiger partial charge >= 0.3 is 0 Å². The van der Waals surface area contributed by atoms with E-state index in [-0.39, 0.29) is 0 Å². The fourth-order valence-corrected chi connectivity index (χ4v) is 4.55. The van der Waals surface area contributed by atoms with Gasteiger partial charge in [0.2, 0.25) is 0 Å². The third-order valence-electron chi connectivity index (χ3n) is 4.79. The monoisotopic (exact) mass is 296 g/mol. The van der Waals surface area contributed by atoms with Crippen molar-refractivity contribution in [3.8, 4) is 0 Å². The summed E-state index contributed by atoms with van der Waals surface area (Å²) >= 11 is 1.98. The molecule has 0 bridgehead atoms. The number of nitrogens with one attached hydrogen (secondary N) is 1. The van der Waals surface area contributed by atoms with Crippen molar-refractivity contribution in [1.82, 2.24) is 5.32 Å². The van der Waals surface area contributed by atoms with Crippen molar-refractivity contribution in [2.75, 3.05) is 18.8 Å². The molecule has 0 saturated heterocycles. The van der Waals surface area contributed by atoms with Gasteiger partial charge in [-0.15, -0.1) is 0 Å². The van der Waals surface area contributed by atoms with Gasteiger partial charge in [0, 0.05) is 18.8 Å². The van der Waals surface area contributed by atoms with Crippen molar-refractivity contribution < 1.29 is 0 Å². The smallest absolute Gasteiger partial charge is 0.156 e. The third-order valence-corrected chi connectivity index (χ3v) is 6.10. The number of amidine groups is 1. The van der Waals surface area contributed by atoms with Crippen molar-refractivity contribution in [3.63, 3.8) is 0 Å². The number of aliphatic imine (C=N–C) groups is 1. The minimum Gasteiger partial charge on any atom is -0.365 e. The molecule has 0 radical (unpaired) electrons. The molecule has 1 heterocycles. The summed E-state index contributed by atoms with van der Waals surface area (Å²) in [5, 5.41) is 4.76. The summed E-state index contributed by atoms with van der Waals surface area (Å²) in [5.41, 5.74) is 0.564. The molecule has 0 amide bonds. The van der Waals surface area contributed by atoms with Gasteiger partial charge in [-0.3, -0.25) is 4.99 Å². The van der Waals surface area contributed by atoms with E-state index in [0.29, 0.717) is 5.41 Å². The number of hydrogen-bond donors (Lipinski definition) is 1. The van der Waals surface area contributed by atoms with E-state index in [1.807, 2.05) is 11.8 Å². The lowest BCUT2D eigenvalue weighted by atomic mass is 9.75. The van der Waals surface area contributed by atoms with Crippen LogP contribution in [0.15, 0.2) is 4.99 Å². The molecule has 0 aromatic rings. The predicted octanol–water partition coefficient (Wildman–Crippen LogP) is 4.99. The standard InChI is InChI=1S/C17H32N2S/c1-2-3-4-5-6-10-13-18-16-19-14-17(15-20-16)11-8-7-9-12-17/h2-15H2,1H3,(H,18,19). The zero-order valence-corrected chi connectivity index (χ0v) is 14.1. The quantitative estimate of drug-likeness (QED) is 0.669. The molecule has 1 saturated carbocycles. The van der Waals surface area contributed by atoms with Crippen LogP contribution in [0.3, 0.4) is 0 Å². The molecule has 20 heavy (non-hydrogen) atoms. The van der Waals surface area contributed by atoms with E-state index in [2.05, 4.69) is 12.2 Å². The molecule has 1 aliphatic carbocycles. The Morgan fingerprint density at radius 1 is 1.05 bits per heavy atom. The molecule has 2 aliphatic rings. The summed E-state index contributed by atoms with van der Waals surface area (Å²) in [6, 6.07) is 0. The Balaban J connectivity index is 1.56. The summed E-state index contributed by atoms with van der Waals surface area (Å²) in [6.45, 7) is 4.48. The van der Waals surface area contributed by atoms with Gasteiger partial charge in [0.05, 0.1) is 0 Å². The topological polar surface area (TPSA) is 24.4 Å². The van der Waals surface area contributed by atoms with Crippen molar-refractivity contribution in [2.24, 2.45) is 10.4 Å². The van der Waals surface area contributed by atoms with E-state index < -0.39 is 0 Å². The highest BCUT2D eigenvalue weighted by atomic mass is 32.2. The zero-order valence-electron chi connectivity index (χ0n) is 13.3. The molecular weight excluding hydrogens is 264 g/mol. The molecule has 1 N–H and O–H groups in total. The highest BCUT2D eigenvalue weighted by molar-refractivity contribution is 8.13. The van der Waals surface area contributed by atoms with Crippen LogP contribution in [0, 0.1) is 5.41 Å². The molecule has 3 heteroatoms. The minimum atomic E-state index is 0.564. The van der Waals surface area contributed by atoms with Crippen LogP contribution in [0.5, 0.6) is 0 Å². The largest absolute Gasteiger partial charge is 0.365 e. The highest BCUT2D eigenvalue weighted by Gasteiger charge is 2.34. The van der Waals surface area contributed by atoms with Crippen LogP contribution in [0.1, 0.15) is 77.6 Å². The summed E-state index contributed by atoms with van der Waals surface area (Å²) in [4.78, 5) is 4.82. The molecule has 2 rings (SSSR count). The lowest BCUT2D eigenvalue weighted by Crippen LogP contribution is -2.37. The Bertz CT molecular complexity index is 295. The first kappa shape index (κ1) is 16.2. The SMILES string of the molecule is CCCCCCCCNC1=NCC2(CCCCC2)CS1. The van der Waals surface area contributed by atoms with Gasteiger partial charge in [-0.1, -0.05) is 70.1 Å². The maximum atomic E-state index is 4.82. The van der Waals surface area contributed by atoms with E-state index >= 15 is 0 Å². The lowest BCUT2D eigenvalue weighted by Gasteiger charge is -2.38. The molecule has 0 atom stereocenters. The van der Waals surface area contributed by atoms with Crippen LogP contribution in [0.25, 0.3) is 0 Å². The van der Waals surface area contributed by atoms with Gasteiger partial charge in [-0.25, -0.2) is 0 Å². The second-order valence-electron chi connectivity index (χ2n) is 6.67.